The molecule has 1 atom stereocenters. The van der Waals surface area contributed by atoms with Gasteiger partial charge in [-0.15, -0.1) is 0 Å². The summed E-state index contributed by atoms with van der Waals surface area (Å²) in [5, 5.41) is 3.67. The number of hydrogen-bond acceptors (Lipinski definition) is 5. The summed E-state index contributed by atoms with van der Waals surface area (Å²) in [6.45, 7) is 3.77. The van der Waals surface area contributed by atoms with E-state index in [4.69, 9.17) is 11.6 Å². The van der Waals surface area contributed by atoms with Crippen molar-refractivity contribution in [1.82, 2.24) is 0 Å². The van der Waals surface area contributed by atoms with E-state index in [-0.39, 0.29) is 21.7 Å². The van der Waals surface area contributed by atoms with Gasteiger partial charge in [0.1, 0.15) is 0 Å². The van der Waals surface area contributed by atoms with Gasteiger partial charge >= 0.3 is 0 Å². The molecule has 0 aliphatic carbocycles. The fraction of sp³-hybridized carbons (Fsp3) is 0.125. The summed E-state index contributed by atoms with van der Waals surface area (Å²) in [7, 11) is -4.30. The zero-order valence-electron chi connectivity index (χ0n) is 17.7. The summed E-state index contributed by atoms with van der Waals surface area (Å²) < 4.78 is 26.0. The van der Waals surface area contributed by atoms with Gasteiger partial charge in [0, 0.05) is 21.8 Å². The Morgan fingerprint density at radius 3 is 2.36 bits per heavy atom. The molecule has 3 aromatic rings. The molecule has 0 saturated heterocycles. The zero-order valence-corrected chi connectivity index (χ0v) is 19.3. The van der Waals surface area contributed by atoms with Crippen molar-refractivity contribution in [3.63, 3.8) is 0 Å². The average molecular weight is 483 g/mol. The molecule has 3 aromatic carbocycles. The SMILES string of the molecule is Cc1ccc(C)c(NC(=O)c2ccc3c(c2)NC(=O)C(S(=O)(=O)c2ccc(Cl)cc2)C3=O)c1. The van der Waals surface area contributed by atoms with Gasteiger partial charge in [0.15, 0.2) is 15.6 Å². The number of anilines is 2. The maximum Gasteiger partial charge on any atom is 0.255 e. The number of ketones is 1. The lowest BCUT2D eigenvalue weighted by Gasteiger charge is -2.24. The lowest BCUT2D eigenvalue weighted by Crippen LogP contribution is -2.45. The molecule has 7 nitrogen and oxygen atoms in total. The van der Waals surface area contributed by atoms with E-state index in [1.54, 1.807) is 0 Å². The summed E-state index contributed by atoms with van der Waals surface area (Å²) in [5.41, 5.74) is 2.81. The van der Waals surface area contributed by atoms with E-state index in [1.165, 1.54) is 42.5 Å². The lowest BCUT2D eigenvalue weighted by molar-refractivity contribution is -0.115. The summed E-state index contributed by atoms with van der Waals surface area (Å²) in [6.07, 6.45) is 0. The molecule has 1 heterocycles. The van der Waals surface area contributed by atoms with Crippen LogP contribution >= 0.6 is 11.6 Å². The van der Waals surface area contributed by atoms with Gasteiger partial charge in [0.25, 0.3) is 11.8 Å². The topological polar surface area (TPSA) is 109 Å². The van der Waals surface area contributed by atoms with E-state index in [0.717, 1.165) is 11.1 Å². The Kier molecular flexibility index (Phi) is 5.82. The van der Waals surface area contributed by atoms with Gasteiger partial charge in [-0.05, 0) is 73.5 Å². The number of sulfone groups is 1. The molecular formula is C24H19ClN2O5S. The number of carbonyl (C=O) groups is 3. The number of benzene rings is 3. The smallest absolute Gasteiger partial charge is 0.255 e. The van der Waals surface area contributed by atoms with Crippen LogP contribution < -0.4 is 10.6 Å². The number of nitrogens with one attached hydrogen (secondary N) is 2. The van der Waals surface area contributed by atoms with Gasteiger partial charge in [-0.25, -0.2) is 8.42 Å². The quantitative estimate of drug-likeness (QED) is 0.542. The zero-order chi connectivity index (χ0) is 23.9. The average Bonchev–Trinajstić information content (AvgIpc) is 2.76. The number of Topliss-reactive ketones (excluding diaryl/α,β-unsaturated/α-hetero) is 1. The summed E-state index contributed by atoms with van der Waals surface area (Å²) >= 11 is 5.81. The van der Waals surface area contributed by atoms with Crippen molar-refractivity contribution in [2.75, 3.05) is 10.6 Å². The number of carbonyl (C=O) groups excluding carboxylic acids is 3. The van der Waals surface area contributed by atoms with Crippen LogP contribution in [-0.4, -0.2) is 31.3 Å². The molecule has 0 fully saturated rings. The van der Waals surface area contributed by atoms with Gasteiger partial charge in [0.2, 0.25) is 5.25 Å². The van der Waals surface area contributed by atoms with Crippen LogP contribution in [0.15, 0.2) is 65.6 Å². The highest BCUT2D eigenvalue weighted by Crippen LogP contribution is 2.30. The third-order valence-corrected chi connectivity index (χ3v) is 7.61. The molecule has 1 unspecified atom stereocenters. The Balaban J connectivity index is 1.64. The third-order valence-electron chi connectivity index (χ3n) is 5.38. The molecule has 0 bridgehead atoms. The normalized spacial score (nSPS) is 15.5. The van der Waals surface area contributed by atoms with Crippen LogP contribution in [0.3, 0.4) is 0 Å². The number of rotatable bonds is 4. The van der Waals surface area contributed by atoms with Gasteiger partial charge in [-0.3, -0.25) is 14.4 Å². The van der Waals surface area contributed by atoms with Crippen LogP contribution in [0.5, 0.6) is 0 Å². The molecule has 33 heavy (non-hydrogen) atoms. The van der Waals surface area contributed by atoms with Crippen molar-refractivity contribution in [2.45, 2.75) is 24.0 Å². The third kappa shape index (κ3) is 4.27. The Morgan fingerprint density at radius 2 is 1.67 bits per heavy atom. The molecular weight excluding hydrogens is 464 g/mol. The van der Waals surface area contributed by atoms with Crippen molar-refractivity contribution in [3.8, 4) is 0 Å². The molecule has 0 spiro atoms. The number of fused-ring (bicyclic) bond motifs is 1. The van der Waals surface area contributed by atoms with Gasteiger partial charge in [-0.2, -0.15) is 0 Å². The highest BCUT2D eigenvalue weighted by atomic mass is 35.5. The van der Waals surface area contributed by atoms with Gasteiger partial charge < -0.3 is 10.6 Å². The molecule has 168 valence electrons. The highest BCUT2D eigenvalue weighted by Gasteiger charge is 2.44. The maximum atomic E-state index is 13.0. The molecule has 2 amide bonds. The van der Waals surface area contributed by atoms with Crippen LogP contribution in [0.25, 0.3) is 0 Å². The predicted octanol–water partition coefficient (Wildman–Crippen LogP) is 4.19. The Morgan fingerprint density at radius 1 is 0.970 bits per heavy atom. The fourth-order valence-corrected chi connectivity index (χ4v) is 5.23. The minimum atomic E-state index is -4.30. The predicted molar refractivity (Wildman–Crippen MR) is 126 cm³/mol. The van der Waals surface area contributed by atoms with Crippen LogP contribution in [0.4, 0.5) is 11.4 Å². The monoisotopic (exact) mass is 482 g/mol. The highest BCUT2D eigenvalue weighted by molar-refractivity contribution is 7.93. The number of amides is 2. The first kappa shape index (κ1) is 22.7. The first-order chi connectivity index (χ1) is 15.6. The van der Waals surface area contributed by atoms with E-state index in [2.05, 4.69) is 10.6 Å². The fourth-order valence-electron chi connectivity index (χ4n) is 3.57. The van der Waals surface area contributed by atoms with Crippen LogP contribution in [-0.2, 0) is 14.6 Å². The van der Waals surface area contributed by atoms with E-state index >= 15 is 0 Å². The number of aryl methyl sites for hydroxylation is 2. The molecule has 0 saturated carbocycles. The lowest BCUT2D eigenvalue weighted by atomic mass is 9.99. The van der Waals surface area contributed by atoms with Crippen LogP contribution in [0.2, 0.25) is 5.02 Å². The summed E-state index contributed by atoms with van der Waals surface area (Å²) in [4.78, 5) is 38.2. The molecule has 4 rings (SSSR count). The largest absolute Gasteiger partial charge is 0.324 e. The summed E-state index contributed by atoms with van der Waals surface area (Å²) in [5.74, 6) is -2.26. The molecule has 2 N–H and O–H groups in total. The van der Waals surface area contributed by atoms with Gasteiger partial charge in [-0.1, -0.05) is 23.7 Å². The molecule has 1 aliphatic heterocycles. The second-order valence-corrected chi connectivity index (χ2v) is 10.2. The van der Waals surface area contributed by atoms with E-state index in [1.807, 2.05) is 32.0 Å². The first-order valence-corrected chi connectivity index (χ1v) is 11.9. The van der Waals surface area contributed by atoms with Crippen LogP contribution in [0.1, 0.15) is 31.8 Å². The standard InChI is InChI=1S/C24H19ClN2O5S/c1-13-3-4-14(2)19(11-13)26-23(29)15-5-10-18-20(12-15)27-24(30)22(21(18)28)33(31,32)17-8-6-16(25)7-9-17/h3-12,22H,1-2H3,(H,26,29)(H,27,30). The second-order valence-electron chi connectivity index (χ2n) is 7.77. The molecule has 9 heteroatoms. The van der Waals surface area contributed by atoms with Crippen LogP contribution in [0, 0.1) is 13.8 Å². The number of halogens is 1. The molecule has 0 radical (unpaired) electrons. The Hall–Kier alpha value is -3.49. The van der Waals surface area contributed by atoms with Crippen molar-refractivity contribution >= 4 is 50.4 Å². The summed E-state index contributed by atoms with van der Waals surface area (Å²) in [6, 6.07) is 15.0. The van der Waals surface area contributed by atoms with E-state index in [0.29, 0.717) is 10.7 Å². The maximum absolute atomic E-state index is 13.0. The Bertz CT molecular complexity index is 1420. The number of hydrogen-bond donors (Lipinski definition) is 2. The van der Waals surface area contributed by atoms with Crippen molar-refractivity contribution in [1.29, 1.82) is 0 Å². The Labute approximate surface area is 195 Å². The van der Waals surface area contributed by atoms with E-state index < -0.39 is 32.7 Å². The molecule has 1 aliphatic rings. The van der Waals surface area contributed by atoms with E-state index in [9.17, 15) is 22.8 Å². The first-order valence-electron chi connectivity index (χ1n) is 9.95. The minimum Gasteiger partial charge on any atom is -0.324 e. The molecule has 0 aromatic heterocycles. The van der Waals surface area contributed by atoms with Crippen molar-refractivity contribution in [2.24, 2.45) is 0 Å². The van der Waals surface area contributed by atoms with Gasteiger partial charge in [0.05, 0.1) is 10.6 Å². The van der Waals surface area contributed by atoms with Crippen molar-refractivity contribution in [3.05, 3.63) is 87.9 Å². The van der Waals surface area contributed by atoms with Crippen molar-refractivity contribution < 1.29 is 22.8 Å². The minimum absolute atomic E-state index is 0.0143. The second kappa shape index (κ2) is 8.46.